The summed E-state index contributed by atoms with van der Waals surface area (Å²) in [5.41, 5.74) is -1.16. The average Bonchev–Trinajstić information content (AvgIpc) is 3.15. The molecule has 0 unspecified atom stereocenters. The van der Waals surface area contributed by atoms with Crippen LogP contribution in [0, 0.1) is 0 Å². The predicted molar refractivity (Wildman–Crippen MR) is 80.5 cm³/mol. The maximum atomic E-state index is 12.9. The molecule has 2 fully saturated rings. The van der Waals surface area contributed by atoms with Gasteiger partial charge in [-0.05, 0) is 25.0 Å². The highest BCUT2D eigenvalue weighted by atomic mass is 19.4. The molecular formula is C16H19F3N2O3. The normalized spacial score (nSPS) is 22.7. The lowest BCUT2D eigenvalue weighted by molar-refractivity contribution is -0.160. The van der Waals surface area contributed by atoms with Gasteiger partial charge in [0.2, 0.25) is 0 Å². The van der Waals surface area contributed by atoms with Gasteiger partial charge in [-0.15, -0.1) is 0 Å². The van der Waals surface area contributed by atoms with Gasteiger partial charge in [-0.2, -0.15) is 13.2 Å². The van der Waals surface area contributed by atoms with E-state index in [1.54, 1.807) is 0 Å². The maximum Gasteiger partial charge on any atom is 0.418 e. The second-order valence-corrected chi connectivity index (χ2v) is 6.05. The van der Waals surface area contributed by atoms with Gasteiger partial charge in [0.05, 0.1) is 17.9 Å². The minimum Gasteiger partial charge on any atom is -0.347 e. The zero-order valence-electron chi connectivity index (χ0n) is 13.0. The van der Waals surface area contributed by atoms with Crippen molar-refractivity contribution in [3.8, 4) is 0 Å². The Morgan fingerprint density at radius 2 is 1.96 bits per heavy atom. The lowest BCUT2D eigenvalue weighted by Crippen LogP contribution is -2.37. The van der Waals surface area contributed by atoms with E-state index in [0.717, 1.165) is 31.7 Å². The third kappa shape index (κ3) is 3.81. The molecule has 1 atom stereocenters. The van der Waals surface area contributed by atoms with E-state index in [-0.39, 0.29) is 18.3 Å². The van der Waals surface area contributed by atoms with Crippen LogP contribution in [0.5, 0.6) is 0 Å². The fourth-order valence-electron chi connectivity index (χ4n) is 3.11. The van der Waals surface area contributed by atoms with Gasteiger partial charge >= 0.3 is 12.2 Å². The number of halogens is 3. The van der Waals surface area contributed by atoms with Crippen LogP contribution in [0.25, 0.3) is 0 Å². The number of carbonyl (C=O) groups is 1. The molecule has 0 aromatic heterocycles. The van der Waals surface area contributed by atoms with Gasteiger partial charge in [-0.1, -0.05) is 12.1 Å². The molecule has 2 amide bonds. The average molecular weight is 344 g/mol. The van der Waals surface area contributed by atoms with E-state index < -0.39 is 23.6 Å². The zero-order chi connectivity index (χ0) is 17.2. The Bertz CT molecular complexity index is 600. The SMILES string of the molecule is O=C(NC[C@@H]1COC2(CCCC2)O1)Nc1ccccc1C(F)(F)F. The molecule has 8 heteroatoms. The predicted octanol–water partition coefficient (Wildman–Crippen LogP) is 3.51. The molecule has 2 N–H and O–H groups in total. The lowest BCUT2D eigenvalue weighted by atomic mass is 10.1. The van der Waals surface area contributed by atoms with Crippen LogP contribution in [-0.2, 0) is 15.7 Å². The zero-order valence-corrected chi connectivity index (χ0v) is 13.0. The number of carbonyl (C=O) groups excluding carboxylic acids is 1. The molecule has 1 spiro atoms. The molecule has 132 valence electrons. The van der Waals surface area contributed by atoms with Crippen LogP contribution < -0.4 is 10.6 Å². The fraction of sp³-hybridized carbons (Fsp3) is 0.562. The van der Waals surface area contributed by atoms with E-state index in [1.807, 2.05) is 0 Å². The second-order valence-electron chi connectivity index (χ2n) is 6.05. The fourth-order valence-corrected chi connectivity index (χ4v) is 3.11. The van der Waals surface area contributed by atoms with Crippen LogP contribution in [0.15, 0.2) is 24.3 Å². The monoisotopic (exact) mass is 344 g/mol. The molecule has 24 heavy (non-hydrogen) atoms. The van der Waals surface area contributed by atoms with Crippen LogP contribution >= 0.6 is 0 Å². The van der Waals surface area contributed by atoms with Gasteiger partial charge in [-0.25, -0.2) is 4.79 Å². The molecule has 3 rings (SSSR count). The van der Waals surface area contributed by atoms with Crippen LogP contribution in [0.4, 0.5) is 23.7 Å². The Hall–Kier alpha value is -1.80. The number of rotatable bonds is 3. The largest absolute Gasteiger partial charge is 0.418 e. The molecule has 1 aliphatic heterocycles. The van der Waals surface area contributed by atoms with Gasteiger partial charge in [0.15, 0.2) is 5.79 Å². The summed E-state index contributed by atoms with van der Waals surface area (Å²) in [4.78, 5) is 11.9. The number of anilines is 1. The number of nitrogens with one attached hydrogen (secondary N) is 2. The first-order chi connectivity index (χ1) is 11.4. The molecule has 2 aliphatic rings. The summed E-state index contributed by atoms with van der Waals surface area (Å²) in [6, 6.07) is 4.14. The van der Waals surface area contributed by atoms with Gasteiger partial charge in [0.25, 0.3) is 0 Å². The van der Waals surface area contributed by atoms with Gasteiger partial charge in [0, 0.05) is 19.4 Å². The minimum atomic E-state index is -4.53. The van der Waals surface area contributed by atoms with Crippen molar-refractivity contribution < 1.29 is 27.4 Å². The van der Waals surface area contributed by atoms with Crippen molar-refractivity contribution >= 4 is 11.7 Å². The first kappa shape index (κ1) is 17.0. The van der Waals surface area contributed by atoms with Crippen LogP contribution in [0.1, 0.15) is 31.2 Å². The van der Waals surface area contributed by atoms with Gasteiger partial charge in [0.1, 0.15) is 6.10 Å². The molecule has 1 heterocycles. The number of amides is 2. The van der Waals surface area contributed by atoms with Crippen molar-refractivity contribution in [1.29, 1.82) is 0 Å². The van der Waals surface area contributed by atoms with E-state index >= 15 is 0 Å². The van der Waals surface area contributed by atoms with Crippen molar-refractivity contribution in [2.45, 2.75) is 43.8 Å². The number of hydrogen-bond donors (Lipinski definition) is 2. The van der Waals surface area contributed by atoms with Crippen molar-refractivity contribution in [3.63, 3.8) is 0 Å². The van der Waals surface area contributed by atoms with Crippen LogP contribution in [0.2, 0.25) is 0 Å². The molecule has 0 bridgehead atoms. The molecule has 1 saturated heterocycles. The Labute approximate surface area is 137 Å². The highest BCUT2D eigenvalue weighted by Crippen LogP contribution is 2.39. The summed E-state index contributed by atoms with van der Waals surface area (Å²) >= 11 is 0. The van der Waals surface area contributed by atoms with E-state index in [9.17, 15) is 18.0 Å². The van der Waals surface area contributed by atoms with E-state index in [2.05, 4.69) is 10.6 Å². The standard InChI is InChI=1S/C16H19F3N2O3/c17-16(18,19)12-5-1-2-6-13(12)21-14(22)20-9-11-10-23-15(24-11)7-3-4-8-15/h1-2,5-6,11H,3-4,7-10H2,(H2,20,21,22)/t11-/m1/s1. The molecule has 1 aliphatic carbocycles. The summed E-state index contributed by atoms with van der Waals surface area (Å²) < 4.78 is 50.2. The lowest BCUT2D eigenvalue weighted by Gasteiger charge is -2.22. The summed E-state index contributed by atoms with van der Waals surface area (Å²) in [5, 5.41) is 4.77. The third-order valence-corrected chi connectivity index (χ3v) is 4.25. The summed E-state index contributed by atoms with van der Waals surface area (Å²) in [7, 11) is 0. The Morgan fingerprint density at radius 3 is 2.67 bits per heavy atom. The highest BCUT2D eigenvalue weighted by molar-refractivity contribution is 5.90. The van der Waals surface area contributed by atoms with Crippen LogP contribution in [-0.4, -0.2) is 31.1 Å². The minimum absolute atomic E-state index is 0.182. The molecule has 5 nitrogen and oxygen atoms in total. The number of ether oxygens (including phenoxy) is 2. The number of urea groups is 1. The number of alkyl halides is 3. The molecule has 0 radical (unpaired) electrons. The highest BCUT2D eigenvalue weighted by Gasteiger charge is 2.43. The van der Waals surface area contributed by atoms with Crippen LogP contribution in [0.3, 0.4) is 0 Å². The molecular weight excluding hydrogens is 325 g/mol. The van der Waals surface area contributed by atoms with E-state index in [0.29, 0.717) is 6.61 Å². The topological polar surface area (TPSA) is 59.6 Å². The van der Waals surface area contributed by atoms with Gasteiger partial charge in [-0.3, -0.25) is 0 Å². The third-order valence-electron chi connectivity index (χ3n) is 4.25. The number of para-hydroxylation sites is 1. The number of benzene rings is 1. The Balaban J connectivity index is 1.52. The summed E-state index contributed by atoms with van der Waals surface area (Å²) in [6.45, 7) is 0.557. The first-order valence-electron chi connectivity index (χ1n) is 7.91. The summed E-state index contributed by atoms with van der Waals surface area (Å²) in [5.74, 6) is -0.522. The second kappa shape index (κ2) is 6.60. The van der Waals surface area contributed by atoms with Crippen molar-refractivity contribution in [2.24, 2.45) is 0 Å². The van der Waals surface area contributed by atoms with E-state index in [1.165, 1.54) is 18.2 Å². The van der Waals surface area contributed by atoms with Gasteiger partial charge < -0.3 is 20.1 Å². The molecule has 1 saturated carbocycles. The van der Waals surface area contributed by atoms with E-state index in [4.69, 9.17) is 9.47 Å². The summed E-state index contributed by atoms with van der Waals surface area (Å²) in [6.07, 6.45) is -1.03. The molecule has 1 aromatic rings. The Morgan fingerprint density at radius 1 is 1.25 bits per heavy atom. The quantitative estimate of drug-likeness (QED) is 0.882. The molecule has 1 aromatic carbocycles. The number of hydrogen-bond acceptors (Lipinski definition) is 3. The maximum absolute atomic E-state index is 12.9. The first-order valence-corrected chi connectivity index (χ1v) is 7.91. The van der Waals surface area contributed by atoms with Crippen molar-refractivity contribution in [2.75, 3.05) is 18.5 Å². The Kier molecular flexibility index (Phi) is 4.69. The van der Waals surface area contributed by atoms with Crippen molar-refractivity contribution in [3.05, 3.63) is 29.8 Å². The smallest absolute Gasteiger partial charge is 0.347 e. The van der Waals surface area contributed by atoms with Crippen molar-refractivity contribution in [1.82, 2.24) is 5.32 Å².